The lowest BCUT2D eigenvalue weighted by molar-refractivity contribution is 0.467. The molecule has 0 amide bonds. The minimum atomic E-state index is 0.351. The SMILES string of the molecule is c1ccc(C2CN(c3ncccn3)CCN2)cc1. The molecule has 92 valence electrons. The largest absolute Gasteiger partial charge is 0.338 e. The topological polar surface area (TPSA) is 41.1 Å². The summed E-state index contributed by atoms with van der Waals surface area (Å²) in [7, 11) is 0. The van der Waals surface area contributed by atoms with Crippen molar-refractivity contribution in [3.8, 4) is 0 Å². The maximum atomic E-state index is 4.32. The maximum absolute atomic E-state index is 4.32. The van der Waals surface area contributed by atoms with E-state index < -0.39 is 0 Å². The van der Waals surface area contributed by atoms with Crippen molar-refractivity contribution in [3.05, 3.63) is 54.4 Å². The van der Waals surface area contributed by atoms with Crippen LogP contribution in [0, 0.1) is 0 Å². The van der Waals surface area contributed by atoms with Gasteiger partial charge in [0.2, 0.25) is 5.95 Å². The van der Waals surface area contributed by atoms with Gasteiger partial charge in [0.05, 0.1) is 0 Å². The smallest absolute Gasteiger partial charge is 0.225 e. The van der Waals surface area contributed by atoms with Gasteiger partial charge < -0.3 is 10.2 Å². The van der Waals surface area contributed by atoms with E-state index in [2.05, 4.69) is 44.5 Å². The zero-order chi connectivity index (χ0) is 12.2. The van der Waals surface area contributed by atoms with Crippen molar-refractivity contribution in [1.82, 2.24) is 15.3 Å². The highest BCUT2D eigenvalue weighted by Gasteiger charge is 2.21. The van der Waals surface area contributed by atoms with Gasteiger partial charge in [0, 0.05) is 38.1 Å². The Labute approximate surface area is 107 Å². The average Bonchev–Trinajstić information content (AvgIpc) is 2.49. The number of rotatable bonds is 2. The van der Waals surface area contributed by atoms with Crippen LogP contribution in [0.5, 0.6) is 0 Å². The van der Waals surface area contributed by atoms with Crippen LogP contribution in [0.25, 0.3) is 0 Å². The van der Waals surface area contributed by atoms with E-state index >= 15 is 0 Å². The lowest BCUT2D eigenvalue weighted by Gasteiger charge is -2.33. The van der Waals surface area contributed by atoms with E-state index in [1.165, 1.54) is 5.56 Å². The first-order valence-electron chi connectivity index (χ1n) is 6.24. The third kappa shape index (κ3) is 2.33. The van der Waals surface area contributed by atoms with Gasteiger partial charge >= 0.3 is 0 Å². The molecule has 0 saturated carbocycles. The van der Waals surface area contributed by atoms with Gasteiger partial charge in [-0.1, -0.05) is 30.3 Å². The lowest BCUT2D eigenvalue weighted by Crippen LogP contribution is -2.46. The molecule has 4 nitrogen and oxygen atoms in total. The van der Waals surface area contributed by atoms with Gasteiger partial charge in [0.25, 0.3) is 0 Å². The highest BCUT2D eigenvalue weighted by Crippen LogP contribution is 2.19. The molecule has 2 aromatic rings. The first-order chi connectivity index (χ1) is 8.93. The van der Waals surface area contributed by atoms with E-state index in [4.69, 9.17) is 0 Å². The van der Waals surface area contributed by atoms with E-state index in [1.807, 2.05) is 12.1 Å². The van der Waals surface area contributed by atoms with Crippen LogP contribution in [0.3, 0.4) is 0 Å². The number of piperazine rings is 1. The van der Waals surface area contributed by atoms with E-state index in [1.54, 1.807) is 12.4 Å². The van der Waals surface area contributed by atoms with E-state index in [0.717, 1.165) is 25.6 Å². The monoisotopic (exact) mass is 240 g/mol. The van der Waals surface area contributed by atoms with E-state index in [0.29, 0.717) is 6.04 Å². The highest BCUT2D eigenvalue weighted by atomic mass is 15.3. The number of benzene rings is 1. The number of hydrogen-bond donors (Lipinski definition) is 1. The molecule has 1 saturated heterocycles. The fourth-order valence-corrected chi connectivity index (χ4v) is 2.29. The number of nitrogens with zero attached hydrogens (tertiary/aromatic N) is 3. The molecule has 1 atom stereocenters. The second kappa shape index (κ2) is 5.14. The Balaban J connectivity index is 1.77. The molecule has 1 N–H and O–H groups in total. The van der Waals surface area contributed by atoms with Crippen molar-refractivity contribution < 1.29 is 0 Å². The van der Waals surface area contributed by atoms with E-state index in [9.17, 15) is 0 Å². The summed E-state index contributed by atoms with van der Waals surface area (Å²) in [5, 5.41) is 3.54. The Morgan fingerprint density at radius 2 is 1.83 bits per heavy atom. The fourth-order valence-electron chi connectivity index (χ4n) is 2.29. The van der Waals surface area contributed by atoms with Crippen molar-refractivity contribution in [2.24, 2.45) is 0 Å². The molecule has 1 aromatic carbocycles. The number of hydrogen-bond acceptors (Lipinski definition) is 4. The second-order valence-corrected chi connectivity index (χ2v) is 4.41. The Hall–Kier alpha value is -1.94. The second-order valence-electron chi connectivity index (χ2n) is 4.41. The van der Waals surface area contributed by atoms with Crippen LogP contribution in [0.2, 0.25) is 0 Å². The van der Waals surface area contributed by atoms with Crippen LogP contribution in [0.15, 0.2) is 48.8 Å². The van der Waals surface area contributed by atoms with Gasteiger partial charge in [-0.3, -0.25) is 0 Å². The van der Waals surface area contributed by atoms with Crippen LogP contribution in [-0.4, -0.2) is 29.6 Å². The summed E-state index contributed by atoms with van der Waals surface area (Å²) in [5.41, 5.74) is 1.32. The van der Waals surface area contributed by atoms with Crippen molar-refractivity contribution >= 4 is 5.95 Å². The number of anilines is 1. The van der Waals surface area contributed by atoms with Gasteiger partial charge in [-0.25, -0.2) is 9.97 Å². The molecule has 1 aliphatic rings. The molecule has 4 heteroatoms. The Kier molecular flexibility index (Phi) is 3.19. The normalized spacial score (nSPS) is 19.8. The van der Waals surface area contributed by atoms with Crippen molar-refractivity contribution in [2.75, 3.05) is 24.5 Å². The molecule has 0 bridgehead atoms. The van der Waals surface area contributed by atoms with Crippen LogP contribution < -0.4 is 10.2 Å². The first kappa shape index (κ1) is 11.2. The third-order valence-corrected chi connectivity index (χ3v) is 3.21. The molecule has 1 unspecified atom stereocenters. The quantitative estimate of drug-likeness (QED) is 0.866. The van der Waals surface area contributed by atoms with Crippen LogP contribution in [0.1, 0.15) is 11.6 Å². The molecule has 0 spiro atoms. The van der Waals surface area contributed by atoms with Crippen LogP contribution >= 0.6 is 0 Å². The minimum absolute atomic E-state index is 0.351. The third-order valence-electron chi connectivity index (χ3n) is 3.21. The summed E-state index contributed by atoms with van der Waals surface area (Å²) in [6, 6.07) is 12.7. The van der Waals surface area contributed by atoms with Gasteiger partial charge in [0.15, 0.2) is 0 Å². The van der Waals surface area contributed by atoms with E-state index in [-0.39, 0.29) is 0 Å². The molecule has 1 aliphatic heterocycles. The summed E-state index contributed by atoms with van der Waals surface area (Å²) < 4.78 is 0. The summed E-state index contributed by atoms with van der Waals surface area (Å²) >= 11 is 0. The summed E-state index contributed by atoms with van der Waals surface area (Å²) in [6.07, 6.45) is 3.59. The molecular weight excluding hydrogens is 224 g/mol. The highest BCUT2D eigenvalue weighted by molar-refractivity contribution is 5.32. The van der Waals surface area contributed by atoms with Crippen LogP contribution in [0.4, 0.5) is 5.95 Å². The van der Waals surface area contributed by atoms with Gasteiger partial charge in [-0.2, -0.15) is 0 Å². The van der Waals surface area contributed by atoms with Crippen molar-refractivity contribution in [1.29, 1.82) is 0 Å². The fraction of sp³-hybridized carbons (Fsp3) is 0.286. The van der Waals surface area contributed by atoms with Crippen LogP contribution in [-0.2, 0) is 0 Å². The Bertz CT molecular complexity index is 440. The zero-order valence-corrected chi connectivity index (χ0v) is 10.2. The Morgan fingerprint density at radius 1 is 1.06 bits per heavy atom. The molecule has 1 aromatic heterocycles. The lowest BCUT2D eigenvalue weighted by atomic mass is 10.1. The molecule has 2 heterocycles. The average molecular weight is 240 g/mol. The predicted molar refractivity (Wildman–Crippen MR) is 71.4 cm³/mol. The minimum Gasteiger partial charge on any atom is -0.338 e. The number of nitrogens with one attached hydrogen (secondary N) is 1. The molecule has 3 rings (SSSR count). The molecule has 1 fully saturated rings. The maximum Gasteiger partial charge on any atom is 0.225 e. The summed E-state index contributed by atoms with van der Waals surface area (Å²) in [6.45, 7) is 2.82. The molecule has 18 heavy (non-hydrogen) atoms. The molecule has 0 radical (unpaired) electrons. The van der Waals surface area contributed by atoms with Crippen molar-refractivity contribution in [3.63, 3.8) is 0 Å². The Morgan fingerprint density at radius 3 is 2.61 bits per heavy atom. The predicted octanol–water partition coefficient (Wildman–Crippen LogP) is 1.63. The molecular formula is C14H16N4. The standard InChI is InChI=1S/C14H16N4/c1-2-5-12(6-3-1)13-11-18(10-9-15-13)14-16-7-4-8-17-14/h1-8,13,15H,9-11H2. The summed E-state index contributed by atoms with van der Waals surface area (Å²) in [4.78, 5) is 10.9. The van der Waals surface area contributed by atoms with Gasteiger partial charge in [-0.15, -0.1) is 0 Å². The number of aromatic nitrogens is 2. The summed E-state index contributed by atoms with van der Waals surface area (Å²) in [5.74, 6) is 0.819. The molecule has 0 aliphatic carbocycles. The van der Waals surface area contributed by atoms with Gasteiger partial charge in [-0.05, 0) is 11.6 Å². The first-order valence-corrected chi connectivity index (χ1v) is 6.24. The van der Waals surface area contributed by atoms with Crippen molar-refractivity contribution in [2.45, 2.75) is 6.04 Å². The zero-order valence-electron chi connectivity index (χ0n) is 10.2. The van der Waals surface area contributed by atoms with Gasteiger partial charge in [0.1, 0.15) is 0 Å².